The van der Waals surface area contributed by atoms with Crippen molar-refractivity contribution >= 4 is 44.2 Å². The van der Waals surface area contributed by atoms with Gasteiger partial charge in [-0.25, -0.2) is 13.4 Å². The monoisotopic (exact) mass is 392 g/mol. The highest BCUT2D eigenvalue weighted by Gasteiger charge is 2.20. The first-order valence-corrected chi connectivity index (χ1v) is 10.9. The minimum Gasteiger partial charge on any atom is -0.345 e. The average molecular weight is 393 g/mol. The normalized spacial score (nSPS) is 15.4. The molecule has 9 heteroatoms. The number of nitrogens with one attached hydrogen (secondary N) is 1. The summed E-state index contributed by atoms with van der Waals surface area (Å²) in [5.74, 6) is -0.0258. The van der Waals surface area contributed by atoms with Gasteiger partial charge in [-0.1, -0.05) is 12.1 Å². The molecule has 1 saturated heterocycles. The van der Waals surface area contributed by atoms with Gasteiger partial charge in [0.05, 0.1) is 6.26 Å². The molecule has 26 heavy (non-hydrogen) atoms. The molecule has 1 N–H and O–H groups in total. The molecule has 0 radical (unpaired) electrons. The summed E-state index contributed by atoms with van der Waals surface area (Å²) in [4.78, 5) is 20.6. The van der Waals surface area contributed by atoms with Gasteiger partial charge < -0.3 is 9.80 Å². The van der Waals surface area contributed by atoms with Crippen molar-refractivity contribution in [3.8, 4) is 0 Å². The van der Waals surface area contributed by atoms with Crippen LogP contribution in [-0.4, -0.2) is 56.6 Å². The summed E-state index contributed by atoms with van der Waals surface area (Å²) in [5.41, 5.74) is 1.33. The summed E-state index contributed by atoms with van der Waals surface area (Å²) in [6, 6.07) is 6.85. The highest BCUT2D eigenvalue weighted by Crippen LogP contribution is 2.19. The molecule has 0 spiro atoms. The van der Waals surface area contributed by atoms with Crippen LogP contribution in [0, 0.1) is 0 Å². The Morgan fingerprint density at radius 3 is 2.46 bits per heavy atom. The fourth-order valence-corrected chi connectivity index (χ4v) is 3.90. The Kier molecular flexibility index (Phi) is 5.58. The number of aromatic nitrogens is 1. The predicted octanol–water partition coefficient (Wildman–Crippen LogP) is 1.88. The number of benzene rings is 1. The third-order valence-electron chi connectivity index (χ3n) is 3.91. The maximum atomic E-state index is 12.3. The van der Waals surface area contributed by atoms with Gasteiger partial charge in [0, 0.05) is 49.5 Å². The molecule has 7 nitrogen and oxygen atoms in total. The molecule has 0 unspecified atom stereocenters. The number of carbonyl (C=O) groups excluding carboxylic acids is 1. The molecule has 1 aliphatic rings. The summed E-state index contributed by atoms with van der Waals surface area (Å²) >= 11 is 1.61. The Balaban J connectivity index is 1.53. The molecule has 1 aromatic carbocycles. The van der Waals surface area contributed by atoms with Gasteiger partial charge in [-0.15, -0.1) is 11.3 Å². The van der Waals surface area contributed by atoms with Crippen molar-refractivity contribution in [1.29, 1.82) is 0 Å². The summed E-state index contributed by atoms with van der Waals surface area (Å²) in [6.45, 7) is 2.89. The van der Waals surface area contributed by atoms with E-state index >= 15 is 0 Å². The van der Waals surface area contributed by atoms with Gasteiger partial charge in [0.1, 0.15) is 0 Å². The molecule has 0 atom stereocenters. The fraction of sp³-hybridized carbons (Fsp3) is 0.294. The molecule has 1 fully saturated rings. The van der Waals surface area contributed by atoms with Crippen molar-refractivity contribution in [2.45, 2.75) is 0 Å². The minimum absolute atomic E-state index is 0.0258. The lowest BCUT2D eigenvalue weighted by Gasteiger charge is -2.34. The lowest BCUT2D eigenvalue weighted by atomic mass is 10.2. The number of piperazine rings is 1. The van der Waals surface area contributed by atoms with Crippen LogP contribution in [0.2, 0.25) is 0 Å². The summed E-state index contributed by atoms with van der Waals surface area (Å²) < 4.78 is 24.8. The number of hydrogen-bond acceptors (Lipinski definition) is 6. The van der Waals surface area contributed by atoms with Crippen LogP contribution >= 0.6 is 11.3 Å². The van der Waals surface area contributed by atoms with Crippen LogP contribution in [-0.2, 0) is 14.8 Å². The molecule has 2 aromatic rings. The molecule has 138 valence electrons. The number of hydrogen-bond donors (Lipinski definition) is 1. The van der Waals surface area contributed by atoms with E-state index in [1.165, 1.54) is 0 Å². The standard InChI is InChI=1S/C17H20N4O3S2/c1-26(23,24)19-15-5-2-14(3-6-15)4-7-16(22)20-9-11-21(12-10-20)17-18-8-13-25-17/h2-8,13,19H,9-12H2,1H3/b7-4+. The van der Waals surface area contributed by atoms with Gasteiger partial charge in [0.2, 0.25) is 15.9 Å². The first-order valence-electron chi connectivity index (χ1n) is 8.10. The van der Waals surface area contributed by atoms with E-state index in [0.717, 1.165) is 30.0 Å². The third-order valence-corrected chi connectivity index (χ3v) is 5.35. The molecule has 0 bridgehead atoms. The largest absolute Gasteiger partial charge is 0.345 e. The smallest absolute Gasteiger partial charge is 0.246 e. The molecule has 1 amide bonds. The van der Waals surface area contributed by atoms with Gasteiger partial charge in [-0.3, -0.25) is 9.52 Å². The molecule has 1 aromatic heterocycles. The molecule has 0 saturated carbocycles. The quantitative estimate of drug-likeness (QED) is 0.786. The average Bonchev–Trinajstić information content (AvgIpc) is 3.14. The summed E-state index contributed by atoms with van der Waals surface area (Å²) in [6.07, 6.45) is 6.18. The maximum absolute atomic E-state index is 12.3. The van der Waals surface area contributed by atoms with Gasteiger partial charge in [-0.05, 0) is 23.8 Å². The lowest BCUT2D eigenvalue weighted by molar-refractivity contribution is -0.126. The third kappa shape index (κ3) is 5.06. The van der Waals surface area contributed by atoms with Crippen LogP contribution < -0.4 is 9.62 Å². The Hall–Kier alpha value is -2.39. The van der Waals surface area contributed by atoms with E-state index in [1.807, 2.05) is 10.3 Å². The first kappa shape index (κ1) is 18.4. The SMILES string of the molecule is CS(=O)(=O)Nc1ccc(/C=C/C(=O)N2CCN(c3nccs3)CC2)cc1. The van der Waals surface area contributed by atoms with Crippen LogP contribution in [0.25, 0.3) is 6.08 Å². The second-order valence-corrected chi connectivity index (χ2v) is 8.58. The Labute approximate surface area is 157 Å². The van der Waals surface area contributed by atoms with E-state index in [0.29, 0.717) is 18.8 Å². The molecule has 0 aliphatic carbocycles. The fourth-order valence-electron chi connectivity index (χ4n) is 2.64. The van der Waals surface area contributed by atoms with E-state index in [-0.39, 0.29) is 5.91 Å². The van der Waals surface area contributed by atoms with Crippen LogP contribution in [0.5, 0.6) is 0 Å². The zero-order valence-corrected chi connectivity index (χ0v) is 16.0. The maximum Gasteiger partial charge on any atom is 0.246 e. The van der Waals surface area contributed by atoms with Crippen molar-refractivity contribution < 1.29 is 13.2 Å². The van der Waals surface area contributed by atoms with E-state index in [2.05, 4.69) is 14.6 Å². The predicted molar refractivity (Wildman–Crippen MR) is 105 cm³/mol. The van der Waals surface area contributed by atoms with Crippen LogP contribution in [0.3, 0.4) is 0 Å². The van der Waals surface area contributed by atoms with Gasteiger partial charge in [0.25, 0.3) is 0 Å². The Morgan fingerprint density at radius 1 is 1.19 bits per heavy atom. The zero-order chi connectivity index (χ0) is 18.6. The molecule has 3 rings (SSSR count). The van der Waals surface area contributed by atoms with Crippen LogP contribution in [0.1, 0.15) is 5.56 Å². The highest BCUT2D eigenvalue weighted by atomic mass is 32.2. The second kappa shape index (κ2) is 7.88. The molecule has 2 heterocycles. The van der Waals surface area contributed by atoms with Gasteiger partial charge >= 0.3 is 0 Å². The van der Waals surface area contributed by atoms with E-state index < -0.39 is 10.0 Å². The lowest BCUT2D eigenvalue weighted by Crippen LogP contribution is -2.48. The number of rotatable bonds is 5. The second-order valence-electron chi connectivity index (χ2n) is 5.96. The van der Waals surface area contributed by atoms with Crippen molar-refractivity contribution in [2.24, 2.45) is 0 Å². The van der Waals surface area contributed by atoms with Crippen molar-refractivity contribution in [3.05, 3.63) is 47.5 Å². The first-order chi connectivity index (χ1) is 12.4. The number of thiazole rings is 1. The van der Waals surface area contributed by atoms with Gasteiger partial charge in [0.15, 0.2) is 5.13 Å². The van der Waals surface area contributed by atoms with E-state index in [1.54, 1.807) is 54.0 Å². The number of nitrogens with zero attached hydrogens (tertiary/aromatic N) is 3. The molecular formula is C17H20N4O3S2. The number of carbonyl (C=O) groups is 1. The van der Waals surface area contributed by atoms with Crippen LogP contribution in [0.4, 0.5) is 10.8 Å². The minimum atomic E-state index is -3.29. The molecular weight excluding hydrogens is 372 g/mol. The number of amides is 1. The summed E-state index contributed by atoms with van der Waals surface area (Å²) in [7, 11) is -3.29. The summed E-state index contributed by atoms with van der Waals surface area (Å²) in [5, 5.41) is 2.95. The topological polar surface area (TPSA) is 82.6 Å². The zero-order valence-electron chi connectivity index (χ0n) is 14.3. The number of anilines is 2. The van der Waals surface area contributed by atoms with Crippen molar-refractivity contribution in [2.75, 3.05) is 42.1 Å². The Morgan fingerprint density at radius 2 is 1.88 bits per heavy atom. The van der Waals surface area contributed by atoms with E-state index in [9.17, 15) is 13.2 Å². The van der Waals surface area contributed by atoms with Crippen molar-refractivity contribution in [1.82, 2.24) is 9.88 Å². The highest BCUT2D eigenvalue weighted by molar-refractivity contribution is 7.92. The van der Waals surface area contributed by atoms with E-state index in [4.69, 9.17) is 0 Å². The van der Waals surface area contributed by atoms with Crippen molar-refractivity contribution in [3.63, 3.8) is 0 Å². The van der Waals surface area contributed by atoms with Crippen LogP contribution in [0.15, 0.2) is 41.9 Å². The van der Waals surface area contributed by atoms with Gasteiger partial charge in [-0.2, -0.15) is 0 Å². The molecule has 1 aliphatic heterocycles. The Bertz CT molecular complexity index is 869. The number of sulfonamides is 1.